The quantitative estimate of drug-likeness (QED) is 0.433. The molecule has 0 aliphatic rings. The number of hydrogen-bond acceptors (Lipinski definition) is 6. The molecule has 2 aromatic heterocycles. The first-order chi connectivity index (χ1) is 13.4. The van der Waals surface area contributed by atoms with Gasteiger partial charge in [-0.1, -0.05) is 12.2 Å². The van der Waals surface area contributed by atoms with Gasteiger partial charge in [0.25, 0.3) is 0 Å². The third-order valence-electron chi connectivity index (χ3n) is 4.62. The minimum Gasteiger partial charge on any atom is -0.244 e. The number of rotatable bonds is 7. The summed E-state index contributed by atoms with van der Waals surface area (Å²) in [5.41, 5.74) is 6.85. The molecular formula is C22H22N4S2. The number of allylic oxidation sites excluding steroid dienone is 2. The molecule has 0 saturated heterocycles. The molecule has 2 rings (SSSR count). The molecule has 0 amide bonds. The maximum absolute atomic E-state index is 9.65. The van der Waals surface area contributed by atoms with Crippen LogP contribution in [0.5, 0.6) is 0 Å². The fourth-order valence-electron chi connectivity index (χ4n) is 3.07. The van der Waals surface area contributed by atoms with Crippen LogP contribution >= 0.6 is 21.6 Å². The zero-order valence-corrected chi connectivity index (χ0v) is 18.2. The van der Waals surface area contributed by atoms with Crippen molar-refractivity contribution in [3.63, 3.8) is 0 Å². The molecule has 0 fully saturated rings. The summed E-state index contributed by atoms with van der Waals surface area (Å²) in [7, 11) is 2.74. The Kier molecular flexibility index (Phi) is 7.45. The number of pyridine rings is 2. The van der Waals surface area contributed by atoms with Crippen LogP contribution in [0.2, 0.25) is 0 Å². The molecule has 0 N–H and O–H groups in total. The predicted octanol–water partition coefficient (Wildman–Crippen LogP) is 5.71. The summed E-state index contributed by atoms with van der Waals surface area (Å²) in [6.45, 7) is 15.3. The first kappa shape index (κ1) is 21.8. The molecule has 0 aliphatic carbocycles. The zero-order valence-electron chi connectivity index (χ0n) is 16.6. The van der Waals surface area contributed by atoms with E-state index >= 15 is 0 Å². The molecule has 0 saturated carbocycles. The summed E-state index contributed by atoms with van der Waals surface area (Å²) in [4.78, 5) is 9.27. The Morgan fingerprint density at radius 2 is 1.14 bits per heavy atom. The van der Waals surface area contributed by atoms with E-state index in [1.807, 2.05) is 39.8 Å². The lowest BCUT2D eigenvalue weighted by Crippen LogP contribution is -2.03. The minimum absolute atomic E-state index is 0.565. The van der Waals surface area contributed by atoms with Gasteiger partial charge in [0.2, 0.25) is 0 Å². The van der Waals surface area contributed by atoms with Crippen molar-refractivity contribution in [3.8, 4) is 12.1 Å². The Morgan fingerprint density at radius 3 is 1.43 bits per heavy atom. The van der Waals surface area contributed by atoms with Gasteiger partial charge in [-0.15, -0.1) is 13.2 Å². The van der Waals surface area contributed by atoms with Crippen molar-refractivity contribution in [2.45, 2.75) is 50.6 Å². The first-order valence-electron chi connectivity index (χ1n) is 8.76. The molecular weight excluding hydrogens is 384 g/mol. The summed E-state index contributed by atoms with van der Waals surface area (Å²) in [6, 6.07) is 4.55. The van der Waals surface area contributed by atoms with Crippen molar-refractivity contribution >= 4 is 21.6 Å². The average molecular weight is 407 g/mol. The van der Waals surface area contributed by atoms with Crippen LogP contribution in [-0.2, 0) is 12.8 Å². The third-order valence-corrected chi connectivity index (χ3v) is 6.80. The van der Waals surface area contributed by atoms with Gasteiger partial charge in [-0.05, 0) is 84.4 Å². The van der Waals surface area contributed by atoms with Crippen LogP contribution in [0.25, 0.3) is 0 Å². The van der Waals surface area contributed by atoms with E-state index in [2.05, 4.69) is 35.3 Å². The van der Waals surface area contributed by atoms with Crippen molar-refractivity contribution in [1.82, 2.24) is 9.97 Å². The molecule has 142 valence electrons. The highest BCUT2D eigenvalue weighted by Crippen LogP contribution is 2.41. The third kappa shape index (κ3) is 4.30. The van der Waals surface area contributed by atoms with Gasteiger partial charge in [0, 0.05) is 11.4 Å². The van der Waals surface area contributed by atoms with Crippen molar-refractivity contribution in [3.05, 3.63) is 70.1 Å². The molecule has 2 heterocycles. The van der Waals surface area contributed by atoms with Crippen LogP contribution < -0.4 is 0 Å². The van der Waals surface area contributed by atoms with E-state index in [-0.39, 0.29) is 0 Å². The summed E-state index contributed by atoms with van der Waals surface area (Å²) < 4.78 is 0. The molecule has 6 heteroatoms. The second kappa shape index (κ2) is 9.59. The largest absolute Gasteiger partial charge is 0.244 e. The fourth-order valence-corrected chi connectivity index (χ4v) is 5.34. The van der Waals surface area contributed by atoms with Crippen LogP contribution in [0.3, 0.4) is 0 Å². The summed E-state index contributed by atoms with van der Waals surface area (Å²) >= 11 is 0. The maximum atomic E-state index is 9.65. The van der Waals surface area contributed by atoms with Gasteiger partial charge in [-0.25, -0.2) is 9.97 Å². The zero-order chi connectivity index (χ0) is 20.8. The van der Waals surface area contributed by atoms with Crippen LogP contribution in [-0.4, -0.2) is 9.97 Å². The standard InChI is InChI=1S/C22H22N4S2/c1-7-9-17-13(3)19(11-23)21(25-15(17)5)27-28-22-20(12-24)14(4)18(10-8-2)16(6)26-22/h7-8H,1-2,9-10H2,3-6H3. The average Bonchev–Trinajstić information content (AvgIpc) is 2.66. The Bertz CT molecular complexity index is 943. The summed E-state index contributed by atoms with van der Waals surface area (Å²) in [5, 5.41) is 20.6. The smallest absolute Gasteiger partial charge is 0.125 e. The molecule has 28 heavy (non-hydrogen) atoms. The van der Waals surface area contributed by atoms with Crippen LogP contribution in [0.15, 0.2) is 35.4 Å². The second-order valence-corrected chi connectivity index (χ2v) is 8.44. The Balaban J connectivity index is 2.45. The van der Waals surface area contributed by atoms with E-state index in [0.717, 1.165) is 33.6 Å². The Hall–Kier alpha value is -2.54. The van der Waals surface area contributed by atoms with E-state index in [4.69, 9.17) is 0 Å². The van der Waals surface area contributed by atoms with E-state index in [1.165, 1.54) is 21.6 Å². The molecule has 0 atom stereocenters. The van der Waals surface area contributed by atoms with Crippen molar-refractivity contribution in [1.29, 1.82) is 10.5 Å². The van der Waals surface area contributed by atoms with E-state index in [1.54, 1.807) is 0 Å². The fraction of sp³-hybridized carbons (Fsp3) is 0.273. The lowest BCUT2D eigenvalue weighted by Gasteiger charge is -2.14. The monoisotopic (exact) mass is 406 g/mol. The maximum Gasteiger partial charge on any atom is 0.125 e. The highest BCUT2D eigenvalue weighted by molar-refractivity contribution is 8.76. The number of nitrogens with zero attached hydrogens (tertiary/aromatic N) is 4. The predicted molar refractivity (Wildman–Crippen MR) is 116 cm³/mol. The van der Waals surface area contributed by atoms with Crippen LogP contribution in [0, 0.1) is 50.4 Å². The molecule has 0 bridgehead atoms. The van der Waals surface area contributed by atoms with Crippen molar-refractivity contribution in [2.75, 3.05) is 0 Å². The molecule has 0 aliphatic heterocycles. The van der Waals surface area contributed by atoms with Gasteiger partial charge < -0.3 is 0 Å². The van der Waals surface area contributed by atoms with Gasteiger partial charge in [0.1, 0.15) is 22.2 Å². The second-order valence-electron chi connectivity index (χ2n) is 6.34. The van der Waals surface area contributed by atoms with Gasteiger partial charge in [-0.3, -0.25) is 0 Å². The summed E-state index contributed by atoms with van der Waals surface area (Å²) in [6.07, 6.45) is 5.00. The first-order valence-corrected chi connectivity index (χ1v) is 10.9. The van der Waals surface area contributed by atoms with Gasteiger partial charge >= 0.3 is 0 Å². The summed E-state index contributed by atoms with van der Waals surface area (Å²) in [5.74, 6) is 0. The number of nitriles is 2. The van der Waals surface area contributed by atoms with Gasteiger partial charge in [-0.2, -0.15) is 10.5 Å². The topological polar surface area (TPSA) is 73.4 Å². The van der Waals surface area contributed by atoms with Crippen LogP contribution in [0.1, 0.15) is 44.8 Å². The number of hydrogen-bond donors (Lipinski definition) is 0. The van der Waals surface area contributed by atoms with E-state index in [9.17, 15) is 10.5 Å². The van der Waals surface area contributed by atoms with Gasteiger partial charge in [0.05, 0.1) is 11.1 Å². The lowest BCUT2D eigenvalue weighted by atomic mass is 10.0. The molecule has 4 nitrogen and oxygen atoms in total. The van der Waals surface area contributed by atoms with E-state index < -0.39 is 0 Å². The van der Waals surface area contributed by atoms with Gasteiger partial charge in [0.15, 0.2) is 0 Å². The Morgan fingerprint density at radius 1 is 0.786 bits per heavy atom. The Labute approximate surface area is 174 Å². The molecule has 2 aromatic rings. The molecule has 0 unspecified atom stereocenters. The minimum atomic E-state index is 0.565. The highest BCUT2D eigenvalue weighted by Gasteiger charge is 2.18. The highest BCUT2D eigenvalue weighted by atomic mass is 33.1. The van der Waals surface area contributed by atoms with Crippen molar-refractivity contribution < 1.29 is 0 Å². The van der Waals surface area contributed by atoms with E-state index in [0.29, 0.717) is 34.0 Å². The molecule has 0 spiro atoms. The van der Waals surface area contributed by atoms with Crippen LogP contribution in [0.4, 0.5) is 0 Å². The normalized spacial score (nSPS) is 10.2. The molecule has 0 aromatic carbocycles. The lowest BCUT2D eigenvalue weighted by molar-refractivity contribution is 0.977. The SMILES string of the molecule is C=CCc1c(C)nc(SSc2nc(C)c(CC=C)c(C)c2C#N)c(C#N)c1C. The number of aryl methyl sites for hydroxylation is 2. The molecule has 0 radical (unpaired) electrons. The van der Waals surface area contributed by atoms with Crippen molar-refractivity contribution in [2.24, 2.45) is 0 Å². The number of aromatic nitrogens is 2.